The zero-order chi connectivity index (χ0) is 26.2. The van der Waals surface area contributed by atoms with E-state index in [9.17, 15) is 12.8 Å². The summed E-state index contributed by atoms with van der Waals surface area (Å²) in [5.74, 6) is 0.516. The van der Waals surface area contributed by atoms with Crippen molar-refractivity contribution in [2.75, 3.05) is 41.1 Å². The molecule has 0 bridgehead atoms. The van der Waals surface area contributed by atoms with Gasteiger partial charge in [0.2, 0.25) is 10.0 Å². The van der Waals surface area contributed by atoms with E-state index < -0.39 is 15.3 Å². The number of anilines is 3. The number of piperazine rings is 1. The molecular formula is C25H28FN7O2S2. The highest BCUT2D eigenvalue weighted by Crippen LogP contribution is 2.32. The summed E-state index contributed by atoms with van der Waals surface area (Å²) in [6, 6.07) is 11.7. The molecule has 1 saturated heterocycles. The van der Waals surface area contributed by atoms with Crippen LogP contribution in [0.15, 0.2) is 48.8 Å². The number of rotatable bonds is 6. The number of nitrogens with zero attached hydrogens (tertiary/aromatic N) is 4. The fraction of sp³-hybridized carbons (Fsp3) is 0.320. The minimum Gasteiger partial charge on any atom is -0.352 e. The van der Waals surface area contributed by atoms with Gasteiger partial charge in [0.1, 0.15) is 23.6 Å². The lowest BCUT2D eigenvalue weighted by molar-refractivity contribution is 0.390. The number of fused-ring (bicyclic) bond motifs is 3. The predicted octanol–water partition coefficient (Wildman–Crippen LogP) is 4.31. The number of hydrogen-bond donors (Lipinski definition) is 3. The van der Waals surface area contributed by atoms with Crippen LogP contribution in [-0.2, 0) is 10.0 Å². The first-order valence-corrected chi connectivity index (χ1v) is 14.0. The molecule has 1 fully saturated rings. The highest BCUT2D eigenvalue weighted by molar-refractivity contribution is 7.93. The van der Waals surface area contributed by atoms with E-state index in [2.05, 4.69) is 34.8 Å². The number of halogens is 1. The second-order valence-corrected chi connectivity index (χ2v) is 11.6. The number of sulfonamides is 1. The predicted molar refractivity (Wildman–Crippen MR) is 150 cm³/mol. The second kappa shape index (κ2) is 10.1. The van der Waals surface area contributed by atoms with E-state index in [1.54, 1.807) is 37.3 Å². The SMILES string of the molecule is CCC(C)S(=O)(=O)Nc1ccc(NC(=S)N2CCN(c3ncnc4[nH]c5cc(F)ccc5c34)CC2)cc1. The molecule has 1 atom stereocenters. The largest absolute Gasteiger partial charge is 0.352 e. The van der Waals surface area contributed by atoms with Crippen LogP contribution in [0.4, 0.5) is 21.6 Å². The molecule has 0 amide bonds. The quantitative estimate of drug-likeness (QED) is 0.310. The van der Waals surface area contributed by atoms with E-state index in [0.29, 0.717) is 54.6 Å². The normalized spacial score (nSPS) is 15.2. The van der Waals surface area contributed by atoms with E-state index in [1.165, 1.54) is 18.5 Å². The number of nitrogens with one attached hydrogen (secondary N) is 3. The van der Waals surface area contributed by atoms with Gasteiger partial charge in [0.05, 0.1) is 16.2 Å². The van der Waals surface area contributed by atoms with Crippen LogP contribution in [0.25, 0.3) is 21.9 Å². The van der Waals surface area contributed by atoms with Crippen LogP contribution in [0.1, 0.15) is 20.3 Å². The molecule has 1 aliphatic rings. The maximum Gasteiger partial charge on any atom is 0.235 e. The van der Waals surface area contributed by atoms with Gasteiger partial charge in [0.25, 0.3) is 0 Å². The number of thiocarbonyl (C=S) groups is 1. The van der Waals surface area contributed by atoms with Crippen LogP contribution >= 0.6 is 12.2 Å². The summed E-state index contributed by atoms with van der Waals surface area (Å²) < 4.78 is 40.9. The lowest BCUT2D eigenvalue weighted by atomic mass is 10.2. The lowest BCUT2D eigenvalue weighted by Crippen LogP contribution is -2.50. The Labute approximate surface area is 220 Å². The Bertz CT molecular complexity index is 1550. The molecule has 12 heteroatoms. The number of hydrogen-bond acceptors (Lipinski definition) is 6. The molecule has 3 heterocycles. The van der Waals surface area contributed by atoms with Crippen LogP contribution in [0.5, 0.6) is 0 Å². The van der Waals surface area contributed by atoms with Gasteiger partial charge in [-0.3, -0.25) is 4.72 Å². The highest BCUT2D eigenvalue weighted by Gasteiger charge is 2.23. The topological polar surface area (TPSA) is 106 Å². The molecule has 1 unspecified atom stereocenters. The molecule has 0 aliphatic carbocycles. The smallest absolute Gasteiger partial charge is 0.235 e. The molecule has 0 spiro atoms. The summed E-state index contributed by atoms with van der Waals surface area (Å²) in [5, 5.41) is 5.15. The summed E-state index contributed by atoms with van der Waals surface area (Å²) in [5.41, 5.74) is 2.67. The van der Waals surface area contributed by atoms with Gasteiger partial charge in [-0.1, -0.05) is 6.92 Å². The Balaban J connectivity index is 1.23. The van der Waals surface area contributed by atoms with Crippen molar-refractivity contribution in [2.24, 2.45) is 0 Å². The first-order chi connectivity index (χ1) is 17.7. The van der Waals surface area contributed by atoms with Gasteiger partial charge in [0.15, 0.2) is 5.11 Å². The van der Waals surface area contributed by atoms with Gasteiger partial charge in [-0.2, -0.15) is 0 Å². The molecular weight excluding hydrogens is 513 g/mol. The van der Waals surface area contributed by atoms with Crippen molar-refractivity contribution in [1.29, 1.82) is 0 Å². The Hall–Kier alpha value is -3.51. The average Bonchev–Trinajstić information content (AvgIpc) is 3.26. The average molecular weight is 542 g/mol. The molecule has 5 rings (SSSR count). The van der Waals surface area contributed by atoms with E-state index in [0.717, 1.165) is 22.3 Å². The van der Waals surface area contributed by atoms with Gasteiger partial charge in [0, 0.05) is 42.9 Å². The maximum atomic E-state index is 13.7. The van der Waals surface area contributed by atoms with Crippen molar-refractivity contribution in [1.82, 2.24) is 19.9 Å². The molecule has 194 valence electrons. The summed E-state index contributed by atoms with van der Waals surface area (Å²) in [6.45, 7) is 6.33. The van der Waals surface area contributed by atoms with Crippen LogP contribution in [0.3, 0.4) is 0 Å². The maximum absolute atomic E-state index is 13.7. The first kappa shape index (κ1) is 25.2. The van der Waals surface area contributed by atoms with Crippen LogP contribution in [-0.4, -0.2) is 64.8 Å². The zero-order valence-electron chi connectivity index (χ0n) is 20.5. The minimum atomic E-state index is -3.41. The monoisotopic (exact) mass is 541 g/mol. The van der Waals surface area contributed by atoms with E-state index in [1.807, 2.05) is 6.92 Å². The van der Waals surface area contributed by atoms with Crippen LogP contribution < -0.4 is 14.9 Å². The number of aromatic nitrogens is 3. The standard InChI is InChI=1S/C25H28FN7O2S2/c1-3-16(2)37(34,35)31-19-7-5-18(6-8-19)29-25(36)33-12-10-32(11-13-33)24-22-20-9-4-17(26)14-21(20)30-23(22)27-15-28-24/h4-9,14-16,31H,3,10-13H2,1-2H3,(H,29,36)(H,27,28,30). The minimum absolute atomic E-state index is 0.301. The van der Waals surface area contributed by atoms with Crippen molar-refractivity contribution < 1.29 is 12.8 Å². The third-order valence-electron chi connectivity index (χ3n) is 6.70. The van der Waals surface area contributed by atoms with E-state index >= 15 is 0 Å². The third kappa shape index (κ3) is 5.16. The van der Waals surface area contributed by atoms with E-state index in [4.69, 9.17) is 12.2 Å². The summed E-state index contributed by atoms with van der Waals surface area (Å²) >= 11 is 5.64. The molecule has 4 aromatic rings. The van der Waals surface area contributed by atoms with Crippen molar-refractivity contribution in [3.63, 3.8) is 0 Å². The number of benzene rings is 2. The molecule has 37 heavy (non-hydrogen) atoms. The summed E-state index contributed by atoms with van der Waals surface area (Å²) in [7, 11) is -3.41. The molecule has 0 saturated carbocycles. The molecule has 9 nitrogen and oxygen atoms in total. The van der Waals surface area contributed by atoms with Gasteiger partial charge in [-0.25, -0.2) is 22.8 Å². The van der Waals surface area contributed by atoms with Crippen molar-refractivity contribution in [3.05, 3.63) is 54.6 Å². The van der Waals surface area contributed by atoms with Crippen molar-refractivity contribution >= 4 is 66.5 Å². The third-order valence-corrected chi connectivity index (χ3v) is 8.97. The number of H-pyrrole nitrogens is 1. The first-order valence-electron chi connectivity index (χ1n) is 12.1. The molecule has 1 aliphatic heterocycles. The van der Waals surface area contributed by atoms with Crippen LogP contribution in [0.2, 0.25) is 0 Å². The Kier molecular flexibility index (Phi) is 6.86. The fourth-order valence-electron chi connectivity index (χ4n) is 4.35. The van der Waals surface area contributed by atoms with Gasteiger partial charge in [-0.05, 0) is 68.0 Å². The summed E-state index contributed by atoms with van der Waals surface area (Å²) in [4.78, 5) is 16.3. The van der Waals surface area contributed by atoms with Crippen LogP contribution in [0, 0.1) is 5.82 Å². The molecule has 0 radical (unpaired) electrons. The van der Waals surface area contributed by atoms with Gasteiger partial charge in [-0.15, -0.1) is 0 Å². The zero-order valence-corrected chi connectivity index (χ0v) is 22.2. The summed E-state index contributed by atoms with van der Waals surface area (Å²) in [6.07, 6.45) is 2.06. The molecule has 3 N–H and O–H groups in total. The highest BCUT2D eigenvalue weighted by atomic mass is 32.2. The molecule has 2 aromatic carbocycles. The fourth-order valence-corrected chi connectivity index (χ4v) is 5.76. The number of aromatic amines is 1. The Morgan fingerprint density at radius 3 is 2.51 bits per heavy atom. The van der Waals surface area contributed by atoms with Gasteiger partial charge >= 0.3 is 0 Å². The van der Waals surface area contributed by atoms with Crippen molar-refractivity contribution in [3.8, 4) is 0 Å². The Morgan fingerprint density at radius 1 is 1.11 bits per heavy atom. The molecule has 2 aromatic heterocycles. The van der Waals surface area contributed by atoms with Crippen molar-refractivity contribution in [2.45, 2.75) is 25.5 Å². The van der Waals surface area contributed by atoms with E-state index in [-0.39, 0.29) is 5.82 Å². The van der Waals surface area contributed by atoms with Gasteiger partial charge < -0.3 is 20.1 Å². The lowest BCUT2D eigenvalue weighted by Gasteiger charge is -2.37. The second-order valence-electron chi connectivity index (χ2n) is 9.08. The Morgan fingerprint density at radius 2 is 1.81 bits per heavy atom.